The number of carbonyl (C=O) groups is 1. The predicted molar refractivity (Wildman–Crippen MR) is 106 cm³/mol. The van der Waals surface area contributed by atoms with Crippen LogP contribution >= 0.6 is 11.3 Å². The number of nitrogens with two attached hydrogens (primary N) is 1. The SMILES string of the molecule is Nc1c(C(=O)Nc2cnc3ccccc3c2)sc2nc3c(cc12)CCC3. The summed E-state index contributed by atoms with van der Waals surface area (Å²) in [6, 6.07) is 11.8. The van der Waals surface area contributed by atoms with E-state index in [9.17, 15) is 4.79 Å². The first-order chi connectivity index (χ1) is 12.7. The van der Waals surface area contributed by atoms with Crippen molar-refractivity contribution in [1.29, 1.82) is 0 Å². The maximum Gasteiger partial charge on any atom is 0.267 e. The second kappa shape index (κ2) is 5.78. The summed E-state index contributed by atoms with van der Waals surface area (Å²) in [5.74, 6) is -0.220. The quantitative estimate of drug-likeness (QED) is 0.562. The van der Waals surface area contributed by atoms with E-state index in [-0.39, 0.29) is 5.91 Å². The minimum absolute atomic E-state index is 0.220. The van der Waals surface area contributed by atoms with Crippen molar-refractivity contribution in [3.8, 4) is 0 Å². The van der Waals surface area contributed by atoms with Crippen LogP contribution in [0.25, 0.3) is 21.1 Å². The highest BCUT2D eigenvalue weighted by Gasteiger charge is 2.21. The van der Waals surface area contributed by atoms with Crippen LogP contribution in [-0.4, -0.2) is 15.9 Å². The van der Waals surface area contributed by atoms with Crippen molar-refractivity contribution in [2.24, 2.45) is 0 Å². The average Bonchev–Trinajstić information content (AvgIpc) is 3.24. The number of nitrogen functional groups attached to an aromatic ring is 1. The van der Waals surface area contributed by atoms with E-state index in [1.807, 2.05) is 30.3 Å². The molecule has 1 aliphatic rings. The maximum atomic E-state index is 12.8. The third-order valence-electron chi connectivity index (χ3n) is 4.80. The fourth-order valence-corrected chi connectivity index (χ4v) is 4.49. The van der Waals surface area contributed by atoms with Gasteiger partial charge in [0.25, 0.3) is 5.91 Å². The van der Waals surface area contributed by atoms with Gasteiger partial charge in [0.1, 0.15) is 9.71 Å². The van der Waals surface area contributed by atoms with Crippen LogP contribution in [0, 0.1) is 0 Å². The summed E-state index contributed by atoms with van der Waals surface area (Å²) < 4.78 is 0. The molecule has 3 heterocycles. The molecule has 26 heavy (non-hydrogen) atoms. The molecule has 1 aromatic carbocycles. The highest BCUT2D eigenvalue weighted by molar-refractivity contribution is 7.21. The van der Waals surface area contributed by atoms with E-state index in [1.165, 1.54) is 16.9 Å². The van der Waals surface area contributed by atoms with Gasteiger partial charge in [-0.3, -0.25) is 9.78 Å². The standard InChI is InChI=1S/C20H16N4OS/c21-17-14-9-12-5-3-7-16(12)24-20(14)26-18(17)19(25)23-13-8-11-4-1-2-6-15(11)22-10-13/h1-2,4,6,8-10H,3,5,7,21H2,(H,23,25). The lowest BCUT2D eigenvalue weighted by molar-refractivity contribution is 0.103. The van der Waals surface area contributed by atoms with Crippen molar-refractivity contribution in [2.75, 3.05) is 11.1 Å². The van der Waals surface area contributed by atoms with Gasteiger partial charge in [0.15, 0.2) is 0 Å². The Labute approximate surface area is 153 Å². The van der Waals surface area contributed by atoms with Crippen molar-refractivity contribution in [2.45, 2.75) is 19.3 Å². The molecule has 0 fully saturated rings. The molecule has 0 saturated carbocycles. The molecule has 0 unspecified atom stereocenters. The Bertz CT molecular complexity index is 1180. The van der Waals surface area contributed by atoms with Crippen LogP contribution in [-0.2, 0) is 12.8 Å². The fourth-order valence-electron chi connectivity index (χ4n) is 3.49. The van der Waals surface area contributed by atoms with Gasteiger partial charge in [-0.2, -0.15) is 0 Å². The molecule has 3 aromatic heterocycles. The third kappa shape index (κ3) is 2.42. The molecule has 0 radical (unpaired) electrons. The van der Waals surface area contributed by atoms with Gasteiger partial charge in [0.2, 0.25) is 0 Å². The summed E-state index contributed by atoms with van der Waals surface area (Å²) in [6.45, 7) is 0. The predicted octanol–water partition coefficient (Wildman–Crippen LogP) is 4.17. The summed E-state index contributed by atoms with van der Waals surface area (Å²) in [5, 5.41) is 4.78. The van der Waals surface area contributed by atoms with Crippen LogP contribution in [0.2, 0.25) is 0 Å². The first kappa shape index (κ1) is 15.3. The second-order valence-corrected chi connectivity index (χ2v) is 7.52. The lowest BCUT2D eigenvalue weighted by atomic mass is 10.1. The number of amides is 1. The maximum absolute atomic E-state index is 12.8. The van der Waals surface area contributed by atoms with E-state index in [2.05, 4.69) is 16.4 Å². The molecule has 5 nitrogen and oxygen atoms in total. The summed E-state index contributed by atoms with van der Waals surface area (Å²) >= 11 is 1.35. The highest BCUT2D eigenvalue weighted by atomic mass is 32.1. The lowest BCUT2D eigenvalue weighted by Gasteiger charge is -2.05. The Morgan fingerprint density at radius 2 is 2.08 bits per heavy atom. The number of aromatic nitrogens is 2. The molecule has 0 spiro atoms. The number of hydrogen-bond acceptors (Lipinski definition) is 5. The number of pyridine rings is 2. The Hall–Kier alpha value is -2.99. The van der Waals surface area contributed by atoms with Gasteiger partial charge in [-0.05, 0) is 43.0 Å². The van der Waals surface area contributed by atoms with Gasteiger partial charge in [0.05, 0.1) is 23.1 Å². The number of nitrogens with zero attached hydrogens (tertiary/aromatic N) is 2. The van der Waals surface area contributed by atoms with Crippen molar-refractivity contribution < 1.29 is 4.79 Å². The Morgan fingerprint density at radius 3 is 3.00 bits per heavy atom. The molecule has 0 bridgehead atoms. The molecular weight excluding hydrogens is 344 g/mol. The lowest BCUT2D eigenvalue weighted by Crippen LogP contribution is -2.12. The highest BCUT2D eigenvalue weighted by Crippen LogP contribution is 2.36. The Morgan fingerprint density at radius 1 is 1.19 bits per heavy atom. The molecule has 128 valence electrons. The molecule has 0 saturated heterocycles. The third-order valence-corrected chi connectivity index (χ3v) is 5.92. The molecule has 0 atom stereocenters. The number of aryl methyl sites for hydroxylation is 2. The fraction of sp³-hybridized carbons (Fsp3) is 0.150. The van der Waals surface area contributed by atoms with Crippen LogP contribution in [0.3, 0.4) is 0 Å². The molecule has 0 aliphatic heterocycles. The van der Waals surface area contributed by atoms with Crippen molar-refractivity contribution in [1.82, 2.24) is 9.97 Å². The van der Waals surface area contributed by atoms with E-state index < -0.39 is 0 Å². The number of anilines is 2. The minimum atomic E-state index is -0.220. The zero-order chi connectivity index (χ0) is 17.7. The Balaban J connectivity index is 1.50. The van der Waals surface area contributed by atoms with Crippen LogP contribution in [0.15, 0.2) is 42.6 Å². The minimum Gasteiger partial charge on any atom is -0.397 e. The summed E-state index contributed by atoms with van der Waals surface area (Å²) in [4.78, 5) is 23.2. The number of benzene rings is 1. The second-order valence-electron chi connectivity index (χ2n) is 6.52. The van der Waals surface area contributed by atoms with Crippen molar-refractivity contribution >= 4 is 49.7 Å². The summed E-state index contributed by atoms with van der Waals surface area (Å²) in [6.07, 6.45) is 4.85. The molecule has 6 heteroatoms. The first-order valence-electron chi connectivity index (χ1n) is 8.56. The summed E-state index contributed by atoms with van der Waals surface area (Å²) in [7, 11) is 0. The van der Waals surface area contributed by atoms with Crippen molar-refractivity contribution in [3.05, 3.63) is 58.7 Å². The zero-order valence-electron chi connectivity index (χ0n) is 14.0. The average molecular weight is 360 g/mol. The van der Waals surface area contributed by atoms with Crippen LogP contribution in [0.4, 0.5) is 11.4 Å². The number of hydrogen-bond donors (Lipinski definition) is 2. The largest absolute Gasteiger partial charge is 0.397 e. The molecule has 1 amide bonds. The molecule has 5 rings (SSSR count). The number of para-hydroxylation sites is 1. The Kier molecular flexibility index (Phi) is 3.39. The van der Waals surface area contributed by atoms with Gasteiger partial charge in [-0.1, -0.05) is 18.2 Å². The molecule has 4 aromatic rings. The first-order valence-corrected chi connectivity index (χ1v) is 9.37. The number of thiophene rings is 1. The topological polar surface area (TPSA) is 80.9 Å². The van der Waals surface area contributed by atoms with Crippen molar-refractivity contribution in [3.63, 3.8) is 0 Å². The van der Waals surface area contributed by atoms with Gasteiger partial charge in [-0.15, -0.1) is 11.3 Å². The van der Waals surface area contributed by atoms with E-state index in [0.29, 0.717) is 16.3 Å². The molecule has 1 aliphatic carbocycles. The number of carbonyl (C=O) groups excluding carboxylic acids is 1. The van der Waals surface area contributed by atoms with Crippen LogP contribution in [0.5, 0.6) is 0 Å². The number of fused-ring (bicyclic) bond motifs is 3. The van der Waals surface area contributed by atoms with Gasteiger partial charge in [0, 0.05) is 16.5 Å². The van der Waals surface area contributed by atoms with E-state index in [1.54, 1.807) is 6.20 Å². The molecule has 3 N–H and O–H groups in total. The van der Waals surface area contributed by atoms with Crippen LogP contribution in [0.1, 0.15) is 27.3 Å². The van der Waals surface area contributed by atoms with Gasteiger partial charge < -0.3 is 11.1 Å². The van der Waals surface area contributed by atoms with E-state index in [4.69, 9.17) is 10.7 Å². The zero-order valence-corrected chi connectivity index (χ0v) is 14.8. The number of rotatable bonds is 2. The molecular formula is C20H16N4OS. The van der Waals surface area contributed by atoms with E-state index in [0.717, 1.165) is 46.1 Å². The van der Waals surface area contributed by atoms with Gasteiger partial charge >= 0.3 is 0 Å². The number of nitrogens with one attached hydrogen (secondary N) is 1. The summed E-state index contributed by atoms with van der Waals surface area (Å²) in [5.41, 5.74) is 10.7. The van der Waals surface area contributed by atoms with E-state index >= 15 is 0 Å². The monoisotopic (exact) mass is 360 g/mol. The normalized spacial score (nSPS) is 13.2. The smallest absolute Gasteiger partial charge is 0.267 e. The van der Waals surface area contributed by atoms with Gasteiger partial charge in [-0.25, -0.2) is 4.98 Å². The van der Waals surface area contributed by atoms with Crippen LogP contribution < -0.4 is 11.1 Å².